The molecule has 0 saturated heterocycles. The molecule has 2 aromatic carbocycles. The Balaban J connectivity index is 1.43. The van der Waals surface area contributed by atoms with Gasteiger partial charge in [0.2, 0.25) is 15.9 Å². The molecule has 4 heterocycles. The minimum Gasteiger partial charge on any atom is -0.484 e. The van der Waals surface area contributed by atoms with Crippen LogP contribution < -0.4 is 19.1 Å². The van der Waals surface area contributed by atoms with Crippen molar-refractivity contribution in [3.63, 3.8) is 0 Å². The number of pyridine rings is 1. The van der Waals surface area contributed by atoms with E-state index in [1.54, 1.807) is 30.4 Å². The lowest BCUT2D eigenvalue weighted by molar-refractivity contribution is -0.123. The number of rotatable bonds is 7. The van der Waals surface area contributed by atoms with Gasteiger partial charge < -0.3 is 19.4 Å². The molecular weight excluding hydrogens is 602 g/mol. The summed E-state index contributed by atoms with van der Waals surface area (Å²) in [6.07, 6.45) is 3.98. The minimum absolute atomic E-state index is 0.148. The molecule has 3 aliphatic rings. The smallest absolute Gasteiger partial charge is 0.232 e. The number of allylic oxidation sites excluding steroid dienone is 2. The van der Waals surface area contributed by atoms with Crippen LogP contribution in [0.4, 0.5) is 14.5 Å². The summed E-state index contributed by atoms with van der Waals surface area (Å²) in [7, 11) is -2.43. The molecule has 0 fully saturated rings. The van der Waals surface area contributed by atoms with Crippen LogP contribution in [0.5, 0.6) is 11.5 Å². The largest absolute Gasteiger partial charge is 0.484 e. The van der Waals surface area contributed by atoms with Gasteiger partial charge in [0, 0.05) is 36.0 Å². The van der Waals surface area contributed by atoms with E-state index in [1.165, 1.54) is 19.2 Å². The summed E-state index contributed by atoms with van der Waals surface area (Å²) < 4.78 is 69.1. The Hall–Kier alpha value is -4.71. The molecular formula is C33H30F2N4O5S. The molecule has 1 amide bonds. The number of nitrogens with one attached hydrogen (secondary N) is 1. The van der Waals surface area contributed by atoms with Crippen LogP contribution in [-0.2, 0) is 21.5 Å². The fraction of sp³-hybridized carbons (Fsp3) is 0.273. The first-order valence-electron chi connectivity index (χ1n) is 14.5. The number of sulfonamides is 1. The highest BCUT2D eigenvalue weighted by atomic mass is 32.2. The van der Waals surface area contributed by atoms with Crippen molar-refractivity contribution in [2.45, 2.75) is 31.3 Å². The number of likely N-dealkylation sites (N-methyl/N-ethyl adjacent to an activating group) is 1. The summed E-state index contributed by atoms with van der Waals surface area (Å²) in [6.45, 7) is -1.05. The molecule has 3 atom stereocenters. The number of hydrogen-bond donors (Lipinski definition) is 1. The standard InChI is InChI=1S/C33H30F2N4O5S/c1-36-33(40)30-23-16-22(24-11-12-28-31(37-24)27-15-20-5-3-4-6-25(20)38(27)18-43-28)26(39(14-13-34)45(2,41)42)17-29(23)44-32(30)19-7-9-21(35)10-8-19/h3-9,11-12,15-17,21,30,32H,10,13-14,18H2,1-2H3,(H,36,40). The van der Waals surface area contributed by atoms with Crippen molar-refractivity contribution in [1.29, 1.82) is 0 Å². The zero-order valence-corrected chi connectivity index (χ0v) is 25.4. The van der Waals surface area contributed by atoms with Crippen molar-refractivity contribution >= 4 is 32.5 Å². The predicted molar refractivity (Wildman–Crippen MR) is 167 cm³/mol. The number of anilines is 1. The zero-order valence-electron chi connectivity index (χ0n) is 24.5. The van der Waals surface area contributed by atoms with Gasteiger partial charge in [-0.25, -0.2) is 22.2 Å². The van der Waals surface area contributed by atoms with Crippen LogP contribution in [0, 0.1) is 0 Å². The van der Waals surface area contributed by atoms with Gasteiger partial charge in [-0.3, -0.25) is 9.10 Å². The Morgan fingerprint density at radius 2 is 1.98 bits per heavy atom. The van der Waals surface area contributed by atoms with E-state index in [4.69, 9.17) is 14.5 Å². The molecule has 232 valence electrons. The van der Waals surface area contributed by atoms with Crippen LogP contribution in [0.25, 0.3) is 33.5 Å². The number of alkyl halides is 2. The van der Waals surface area contributed by atoms with E-state index < -0.39 is 41.4 Å². The second-order valence-electron chi connectivity index (χ2n) is 11.2. The molecule has 1 N–H and O–H groups in total. The molecule has 1 aliphatic carbocycles. The first-order valence-corrected chi connectivity index (χ1v) is 16.4. The maximum atomic E-state index is 13.9. The van der Waals surface area contributed by atoms with Gasteiger partial charge in [0.15, 0.2) is 6.73 Å². The molecule has 0 bridgehead atoms. The summed E-state index contributed by atoms with van der Waals surface area (Å²) in [5, 5.41) is 3.71. The van der Waals surface area contributed by atoms with Crippen molar-refractivity contribution in [3.05, 3.63) is 84.0 Å². The van der Waals surface area contributed by atoms with Crippen molar-refractivity contribution in [2.24, 2.45) is 0 Å². The summed E-state index contributed by atoms with van der Waals surface area (Å²) in [6, 6.07) is 16.6. The van der Waals surface area contributed by atoms with Crippen molar-refractivity contribution in [3.8, 4) is 34.1 Å². The van der Waals surface area contributed by atoms with Gasteiger partial charge in [0.25, 0.3) is 0 Å². The fourth-order valence-electron chi connectivity index (χ4n) is 6.34. The molecule has 0 radical (unpaired) electrons. The molecule has 2 aromatic heterocycles. The number of carbonyl (C=O) groups is 1. The van der Waals surface area contributed by atoms with Gasteiger partial charge in [-0.15, -0.1) is 0 Å². The number of benzene rings is 2. The second-order valence-corrected chi connectivity index (χ2v) is 13.1. The second kappa shape index (κ2) is 11.0. The van der Waals surface area contributed by atoms with Crippen molar-refractivity contribution < 1.29 is 31.5 Å². The number of halogens is 2. The highest BCUT2D eigenvalue weighted by Gasteiger charge is 2.42. The van der Waals surface area contributed by atoms with Crippen LogP contribution in [0.3, 0.4) is 0 Å². The maximum absolute atomic E-state index is 13.9. The van der Waals surface area contributed by atoms with E-state index in [-0.39, 0.29) is 23.8 Å². The number of nitrogens with zero attached hydrogens (tertiary/aromatic N) is 3. The van der Waals surface area contributed by atoms with E-state index in [2.05, 4.69) is 5.32 Å². The normalized spacial score (nSPS) is 20.0. The molecule has 45 heavy (non-hydrogen) atoms. The van der Waals surface area contributed by atoms with Crippen LogP contribution in [0.1, 0.15) is 17.9 Å². The third kappa shape index (κ3) is 4.93. The molecule has 12 heteroatoms. The third-order valence-corrected chi connectivity index (χ3v) is 9.63. The average molecular weight is 633 g/mol. The van der Waals surface area contributed by atoms with Gasteiger partial charge in [-0.05, 0) is 42.0 Å². The number of fused-ring (bicyclic) bond motifs is 6. The van der Waals surface area contributed by atoms with Crippen LogP contribution in [-0.4, -0.2) is 62.7 Å². The summed E-state index contributed by atoms with van der Waals surface area (Å²) in [4.78, 5) is 18.3. The van der Waals surface area contributed by atoms with Crippen molar-refractivity contribution in [1.82, 2.24) is 14.9 Å². The Morgan fingerprint density at radius 3 is 2.71 bits per heavy atom. The third-order valence-electron chi connectivity index (χ3n) is 8.45. The quantitative estimate of drug-likeness (QED) is 0.298. The first kappa shape index (κ1) is 29.0. The van der Waals surface area contributed by atoms with Crippen LogP contribution in [0.15, 0.2) is 78.4 Å². The molecule has 0 saturated carbocycles. The highest BCUT2D eigenvalue weighted by molar-refractivity contribution is 7.92. The number of amides is 1. The lowest BCUT2D eigenvalue weighted by Crippen LogP contribution is -2.34. The topological polar surface area (TPSA) is 103 Å². The van der Waals surface area contributed by atoms with E-state index >= 15 is 0 Å². The summed E-state index contributed by atoms with van der Waals surface area (Å²) in [5.74, 6) is -0.303. The molecule has 0 spiro atoms. The lowest BCUT2D eigenvalue weighted by Gasteiger charge is -2.25. The summed E-state index contributed by atoms with van der Waals surface area (Å²) in [5.41, 5.74) is 4.46. The molecule has 2 aliphatic heterocycles. The number of aromatic nitrogens is 2. The Bertz CT molecular complexity index is 2020. The van der Waals surface area contributed by atoms with Crippen LogP contribution in [0.2, 0.25) is 0 Å². The first-order chi connectivity index (χ1) is 21.7. The van der Waals surface area contributed by atoms with E-state index in [0.29, 0.717) is 40.6 Å². The van der Waals surface area contributed by atoms with Crippen molar-refractivity contribution in [2.75, 3.05) is 30.8 Å². The number of para-hydroxylation sites is 1. The van der Waals surface area contributed by atoms with Crippen LogP contribution >= 0.6 is 0 Å². The summed E-state index contributed by atoms with van der Waals surface area (Å²) >= 11 is 0. The molecule has 9 nitrogen and oxygen atoms in total. The molecule has 3 unspecified atom stereocenters. The molecule has 4 aromatic rings. The van der Waals surface area contributed by atoms with Gasteiger partial charge in [-0.1, -0.05) is 30.4 Å². The minimum atomic E-state index is -3.95. The lowest BCUT2D eigenvalue weighted by atomic mass is 9.86. The number of hydrogen-bond acceptors (Lipinski definition) is 6. The maximum Gasteiger partial charge on any atom is 0.232 e. The van der Waals surface area contributed by atoms with E-state index in [0.717, 1.165) is 27.2 Å². The highest BCUT2D eigenvalue weighted by Crippen LogP contribution is 2.48. The monoisotopic (exact) mass is 632 g/mol. The Labute approximate surface area is 258 Å². The fourth-order valence-corrected chi connectivity index (χ4v) is 7.25. The van der Waals surface area contributed by atoms with E-state index in [9.17, 15) is 22.0 Å². The number of ether oxygens (including phenoxy) is 2. The average Bonchev–Trinajstić information content (AvgIpc) is 3.61. The van der Waals surface area contributed by atoms with E-state index in [1.807, 2.05) is 34.9 Å². The van der Waals surface area contributed by atoms with Gasteiger partial charge >= 0.3 is 0 Å². The zero-order chi connectivity index (χ0) is 31.5. The SMILES string of the molecule is CNC(=O)C1c2cc(-c3ccc4c(n3)-c3cc5ccccc5n3CO4)c(N(CCF)S(C)(=O)=O)cc2OC1C1=CCC(F)C=C1. The Morgan fingerprint density at radius 1 is 1.16 bits per heavy atom. The number of carbonyl (C=O) groups excluding carboxylic acids is 1. The Kier molecular flexibility index (Phi) is 7.11. The van der Waals surface area contributed by atoms with Gasteiger partial charge in [0.1, 0.15) is 42.1 Å². The van der Waals surface area contributed by atoms with Gasteiger partial charge in [-0.2, -0.15) is 0 Å². The van der Waals surface area contributed by atoms with Gasteiger partial charge in [0.05, 0.1) is 35.4 Å². The molecule has 7 rings (SSSR count). The predicted octanol–water partition coefficient (Wildman–Crippen LogP) is 5.27.